The maximum atomic E-state index is 5.45. The van der Waals surface area contributed by atoms with E-state index in [1.165, 1.54) is 0 Å². The van der Waals surface area contributed by atoms with Crippen molar-refractivity contribution in [1.82, 2.24) is 30.8 Å². The van der Waals surface area contributed by atoms with Crippen molar-refractivity contribution in [3.8, 4) is 11.5 Å². The van der Waals surface area contributed by atoms with E-state index in [0.717, 1.165) is 17.0 Å². The highest BCUT2D eigenvalue weighted by Gasteiger charge is 2.27. The van der Waals surface area contributed by atoms with E-state index >= 15 is 0 Å². The van der Waals surface area contributed by atoms with Crippen LogP contribution in [0.25, 0.3) is 11.5 Å². The van der Waals surface area contributed by atoms with E-state index in [1.54, 1.807) is 0 Å². The third-order valence-corrected chi connectivity index (χ3v) is 2.35. The van der Waals surface area contributed by atoms with Crippen molar-refractivity contribution >= 4 is 0 Å². The third-order valence-electron chi connectivity index (χ3n) is 2.35. The van der Waals surface area contributed by atoms with Crippen molar-refractivity contribution in [2.45, 2.75) is 19.6 Å². The van der Waals surface area contributed by atoms with Crippen molar-refractivity contribution in [3.63, 3.8) is 0 Å². The first-order valence-electron chi connectivity index (χ1n) is 4.29. The molecule has 1 aliphatic rings. The van der Waals surface area contributed by atoms with Crippen LogP contribution in [0.3, 0.4) is 0 Å². The highest BCUT2D eigenvalue weighted by Crippen LogP contribution is 2.33. The Bertz CT molecular complexity index is 447. The number of hydrogen-bond donors (Lipinski definition) is 2. The number of nitrogens with zero attached hydrogens (tertiary/aromatic N) is 4. The summed E-state index contributed by atoms with van der Waals surface area (Å²) in [7, 11) is 0. The van der Waals surface area contributed by atoms with E-state index in [2.05, 4.69) is 30.8 Å². The summed E-state index contributed by atoms with van der Waals surface area (Å²) in [5.41, 5.74) is 2.79. The molecule has 7 nitrogen and oxygen atoms in total. The molecule has 2 aromatic rings. The summed E-state index contributed by atoms with van der Waals surface area (Å²) in [6.07, 6.45) is 0.0714. The lowest BCUT2D eigenvalue weighted by Crippen LogP contribution is -1.90. The molecule has 0 radical (unpaired) electrons. The van der Waals surface area contributed by atoms with Gasteiger partial charge in [-0.2, -0.15) is 5.10 Å². The summed E-state index contributed by atoms with van der Waals surface area (Å²) in [6, 6.07) is 0. The van der Waals surface area contributed by atoms with Gasteiger partial charge in [-0.25, -0.2) is 5.10 Å². The first-order chi connectivity index (χ1) is 6.86. The average Bonchev–Trinajstić information content (AvgIpc) is 2.84. The van der Waals surface area contributed by atoms with E-state index in [-0.39, 0.29) is 6.10 Å². The Kier molecular flexibility index (Phi) is 1.42. The van der Waals surface area contributed by atoms with Crippen LogP contribution in [-0.2, 0) is 11.3 Å². The Labute approximate surface area is 78.9 Å². The Morgan fingerprint density at radius 3 is 3.14 bits per heavy atom. The van der Waals surface area contributed by atoms with Gasteiger partial charge in [0.25, 0.3) is 0 Å². The van der Waals surface area contributed by atoms with Gasteiger partial charge in [0, 0.05) is 5.56 Å². The molecule has 14 heavy (non-hydrogen) atoms. The summed E-state index contributed by atoms with van der Waals surface area (Å²) < 4.78 is 5.45. The first-order valence-corrected chi connectivity index (χ1v) is 4.29. The molecule has 1 aliphatic heterocycles. The lowest BCUT2D eigenvalue weighted by atomic mass is 10.1. The van der Waals surface area contributed by atoms with Crippen LogP contribution in [0, 0.1) is 0 Å². The van der Waals surface area contributed by atoms with Gasteiger partial charge in [0.2, 0.25) is 0 Å². The molecule has 0 amide bonds. The quantitative estimate of drug-likeness (QED) is 0.672. The minimum Gasteiger partial charge on any atom is -0.367 e. The van der Waals surface area contributed by atoms with Gasteiger partial charge in [-0.1, -0.05) is 0 Å². The van der Waals surface area contributed by atoms with Crippen LogP contribution in [-0.4, -0.2) is 30.8 Å². The molecule has 3 heterocycles. The zero-order valence-electron chi connectivity index (χ0n) is 7.48. The minimum atomic E-state index is 0.0714. The molecule has 2 aromatic heterocycles. The van der Waals surface area contributed by atoms with Gasteiger partial charge in [-0.3, -0.25) is 5.10 Å². The fourth-order valence-corrected chi connectivity index (χ4v) is 1.61. The molecule has 72 valence electrons. The summed E-state index contributed by atoms with van der Waals surface area (Å²) >= 11 is 0. The second kappa shape index (κ2) is 2.61. The van der Waals surface area contributed by atoms with Crippen molar-refractivity contribution in [2.24, 2.45) is 0 Å². The third kappa shape index (κ3) is 0.896. The molecule has 0 aromatic carbocycles. The maximum absolute atomic E-state index is 5.45. The number of rotatable bonds is 1. The van der Waals surface area contributed by atoms with Crippen LogP contribution >= 0.6 is 0 Å². The first kappa shape index (κ1) is 7.63. The zero-order chi connectivity index (χ0) is 9.54. The fourth-order valence-electron chi connectivity index (χ4n) is 1.61. The van der Waals surface area contributed by atoms with Crippen molar-refractivity contribution in [1.29, 1.82) is 0 Å². The lowest BCUT2D eigenvalue weighted by molar-refractivity contribution is 0.0767. The number of nitrogens with one attached hydrogen (secondary N) is 2. The molecule has 7 heteroatoms. The van der Waals surface area contributed by atoms with Gasteiger partial charge in [-0.15, -0.1) is 5.10 Å². The molecule has 0 saturated heterocycles. The molecule has 0 saturated carbocycles. The molecule has 0 aliphatic carbocycles. The number of aromatic nitrogens is 6. The van der Waals surface area contributed by atoms with Crippen LogP contribution < -0.4 is 0 Å². The predicted molar refractivity (Wildman–Crippen MR) is 45.0 cm³/mol. The highest BCUT2D eigenvalue weighted by atomic mass is 16.5. The lowest BCUT2D eigenvalue weighted by Gasteiger charge is -1.98. The molecule has 2 N–H and O–H groups in total. The standard InChI is InChI=1S/C7H8N6O/c1-3-5-4(2-14-3)6(9-8-5)7-10-12-13-11-7/h3H,2H2,1H3,(H,8,9)(H,10,11,12,13). The van der Waals surface area contributed by atoms with Gasteiger partial charge in [0.15, 0.2) is 5.82 Å². The molecular weight excluding hydrogens is 184 g/mol. The fraction of sp³-hybridized carbons (Fsp3) is 0.429. The van der Waals surface area contributed by atoms with Crippen LogP contribution in [0.1, 0.15) is 24.3 Å². The molecule has 0 bridgehead atoms. The van der Waals surface area contributed by atoms with Crippen molar-refractivity contribution in [2.75, 3.05) is 0 Å². The Morgan fingerprint density at radius 1 is 1.43 bits per heavy atom. The van der Waals surface area contributed by atoms with Crippen LogP contribution in [0.4, 0.5) is 0 Å². The van der Waals surface area contributed by atoms with Gasteiger partial charge in [-0.05, 0) is 17.4 Å². The van der Waals surface area contributed by atoms with Crippen LogP contribution in [0.15, 0.2) is 0 Å². The second-order valence-electron chi connectivity index (χ2n) is 3.17. The van der Waals surface area contributed by atoms with E-state index in [0.29, 0.717) is 12.4 Å². The summed E-state index contributed by atoms with van der Waals surface area (Å²) in [5.74, 6) is 0.570. The van der Waals surface area contributed by atoms with Crippen LogP contribution in [0.5, 0.6) is 0 Å². The largest absolute Gasteiger partial charge is 0.367 e. The van der Waals surface area contributed by atoms with Crippen molar-refractivity contribution < 1.29 is 4.74 Å². The summed E-state index contributed by atoms with van der Waals surface area (Å²) in [5, 5.41) is 20.6. The van der Waals surface area contributed by atoms with E-state index in [1.807, 2.05) is 6.92 Å². The Morgan fingerprint density at radius 2 is 2.36 bits per heavy atom. The Hall–Kier alpha value is -1.76. The maximum Gasteiger partial charge on any atom is 0.200 e. The van der Waals surface area contributed by atoms with Crippen molar-refractivity contribution in [3.05, 3.63) is 11.3 Å². The molecule has 3 rings (SSSR count). The molecule has 1 atom stereocenters. The van der Waals surface area contributed by atoms with E-state index < -0.39 is 0 Å². The predicted octanol–water partition coefficient (Wildman–Crippen LogP) is 0.181. The number of H-pyrrole nitrogens is 2. The summed E-state index contributed by atoms with van der Waals surface area (Å²) in [6.45, 7) is 2.54. The molecule has 0 fully saturated rings. The molecule has 0 spiro atoms. The van der Waals surface area contributed by atoms with E-state index in [9.17, 15) is 0 Å². The van der Waals surface area contributed by atoms with Gasteiger partial charge >= 0.3 is 0 Å². The van der Waals surface area contributed by atoms with Crippen LogP contribution in [0.2, 0.25) is 0 Å². The van der Waals surface area contributed by atoms with Gasteiger partial charge in [0.1, 0.15) is 5.69 Å². The SMILES string of the molecule is CC1OCc2c(-c3nnn[nH]3)n[nH]c21. The van der Waals surface area contributed by atoms with E-state index in [4.69, 9.17) is 4.74 Å². The smallest absolute Gasteiger partial charge is 0.200 e. The monoisotopic (exact) mass is 192 g/mol. The van der Waals surface area contributed by atoms with Gasteiger partial charge < -0.3 is 4.74 Å². The molecular formula is C7H8N6O. The second-order valence-corrected chi connectivity index (χ2v) is 3.17. The zero-order valence-corrected chi connectivity index (χ0v) is 7.48. The normalized spacial score (nSPS) is 19.9. The number of hydrogen-bond acceptors (Lipinski definition) is 5. The Balaban J connectivity index is 2.13. The number of tetrazole rings is 1. The number of fused-ring (bicyclic) bond motifs is 1. The average molecular weight is 192 g/mol. The number of aromatic amines is 2. The number of ether oxygens (including phenoxy) is 1. The minimum absolute atomic E-state index is 0.0714. The molecule has 1 unspecified atom stereocenters. The summed E-state index contributed by atoms with van der Waals surface area (Å²) in [4.78, 5) is 0. The topological polar surface area (TPSA) is 92.4 Å². The van der Waals surface area contributed by atoms with Gasteiger partial charge in [0.05, 0.1) is 18.4 Å². The highest BCUT2D eigenvalue weighted by molar-refractivity contribution is 5.56.